The van der Waals surface area contributed by atoms with E-state index in [1.807, 2.05) is 0 Å². The van der Waals surface area contributed by atoms with Gasteiger partial charge in [-0.25, -0.2) is 13.1 Å². The number of nitrogens with one attached hydrogen (secondary N) is 1. The smallest absolute Gasteiger partial charge is 0.211 e. The highest BCUT2D eigenvalue weighted by atomic mass is 79.9. The summed E-state index contributed by atoms with van der Waals surface area (Å²) in [4.78, 5) is 0.303. The molecule has 0 aromatic heterocycles. The maximum Gasteiger partial charge on any atom is 0.211 e. The van der Waals surface area contributed by atoms with Crippen molar-refractivity contribution in [2.24, 2.45) is 11.3 Å². The van der Waals surface area contributed by atoms with Gasteiger partial charge in [-0.3, -0.25) is 0 Å². The first-order valence-electron chi connectivity index (χ1n) is 5.81. The van der Waals surface area contributed by atoms with Gasteiger partial charge in [-0.15, -0.1) is 0 Å². The highest BCUT2D eigenvalue weighted by Gasteiger charge is 2.30. The summed E-state index contributed by atoms with van der Waals surface area (Å²) in [6.07, 6.45) is 3.14. The molecule has 0 aliphatic heterocycles. The summed E-state index contributed by atoms with van der Waals surface area (Å²) in [7, 11) is -3.10. The molecular formula is C11H22BrNO2S. The Balaban J connectivity index is 2.28. The van der Waals surface area contributed by atoms with Crippen LogP contribution >= 0.6 is 15.9 Å². The second-order valence-corrected chi connectivity index (χ2v) is 8.93. The minimum Gasteiger partial charge on any atom is -0.214 e. The van der Waals surface area contributed by atoms with Crippen molar-refractivity contribution in [3.05, 3.63) is 0 Å². The molecule has 0 amide bonds. The first kappa shape index (κ1) is 14.5. The number of rotatable bonds is 6. The lowest BCUT2D eigenvalue weighted by Crippen LogP contribution is -2.33. The summed E-state index contributed by atoms with van der Waals surface area (Å²) in [5, 5.41) is 0. The lowest BCUT2D eigenvalue weighted by molar-refractivity contribution is 0.396. The Bertz CT molecular complexity index is 317. The van der Waals surface area contributed by atoms with Crippen LogP contribution in [-0.2, 0) is 10.0 Å². The lowest BCUT2D eigenvalue weighted by atomic mass is 9.94. The average Bonchev–Trinajstić information content (AvgIpc) is 2.93. The van der Waals surface area contributed by atoms with Gasteiger partial charge < -0.3 is 0 Å². The van der Waals surface area contributed by atoms with Crippen LogP contribution in [0.2, 0.25) is 0 Å². The van der Waals surface area contributed by atoms with Crippen LogP contribution in [0.5, 0.6) is 0 Å². The molecule has 0 radical (unpaired) electrons. The summed E-state index contributed by atoms with van der Waals surface area (Å²) in [6, 6.07) is 0. The molecule has 0 aromatic rings. The van der Waals surface area contributed by atoms with Crippen LogP contribution in [0.25, 0.3) is 0 Å². The van der Waals surface area contributed by atoms with Gasteiger partial charge in [0.2, 0.25) is 10.0 Å². The van der Waals surface area contributed by atoms with E-state index in [4.69, 9.17) is 0 Å². The SMILES string of the molecule is CC(C)(C)CCS(=O)(=O)NCC(Br)C1CC1. The first-order valence-corrected chi connectivity index (χ1v) is 8.38. The van der Waals surface area contributed by atoms with Crippen molar-refractivity contribution in [2.45, 2.75) is 44.9 Å². The van der Waals surface area contributed by atoms with Crippen molar-refractivity contribution in [3.63, 3.8) is 0 Å². The highest BCUT2D eigenvalue weighted by Crippen LogP contribution is 2.36. The molecule has 1 N–H and O–H groups in total. The molecule has 1 aliphatic carbocycles. The molecule has 5 heteroatoms. The van der Waals surface area contributed by atoms with Crippen LogP contribution in [0.1, 0.15) is 40.0 Å². The van der Waals surface area contributed by atoms with Crippen LogP contribution in [0.3, 0.4) is 0 Å². The van der Waals surface area contributed by atoms with Crippen molar-refractivity contribution in [2.75, 3.05) is 12.3 Å². The molecule has 3 nitrogen and oxygen atoms in total. The Labute approximate surface area is 108 Å². The van der Waals surface area contributed by atoms with Gasteiger partial charge in [0.1, 0.15) is 0 Å². The van der Waals surface area contributed by atoms with Gasteiger partial charge in [-0.05, 0) is 30.6 Å². The average molecular weight is 312 g/mol. The Hall–Kier alpha value is 0.390. The molecule has 1 rings (SSSR count). The number of hydrogen-bond donors (Lipinski definition) is 1. The van der Waals surface area contributed by atoms with Gasteiger partial charge in [-0.2, -0.15) is 0 Å². The third-order valence-electron chi connectivity index (χ3n) is 2.75. The van der Waals surface area contributed by atoms with Gasteiger partial charge in [0.25, 0.3) is 0 Å². The van der Waals surface area contributed by atoms with Crippen molar-refractivity contribution < 1.29 is 8.42 Å². The molecular weight excluding hydrogens is 290 g/mol. The Morgan fingerprint density at radius 1 is 1.38 bits per heavy atom. The molecule has 16 heavy (non-hydrogen) atoms. The predicted molar refractivity (Wildman–Crippen MR) is 71.3 cm³/mol. The Kier molecular flexibility index (Phi) is 4.84. The molecule has 0 saturated heterocycles. The summed E-state index contributed by atoms with van der Waals surface area (Å²) in [5.74, 6) is 0.895. The summed E-state index contributed by atoms with van der Waals surface area (Å²) >= 11 is 3.52. The van der Waals surface area contributed by atoms with Crippen LogP contribution < -0.4 is 4.72 Å². The minimum absolute atomic E-state index is 0.0685. The van der Waals surface area contributed by atoms with Crippen LogP contribution in [0, 0.1) is 11.3 Å². The van der Waals surface area contributed by atoms with E-state index in [2.05, 4.69) is 41.4 Å². The molecule has 1 atom stereocenters. The summed E-state index contributed by atoms with van der Waals surface area (Å²) in [5.41, 5.74) is 0.0685. The number of sulfonamides is 1. The third kappa shape index (κ3) is 6.21. The lowest BCUT2D eigenvalue weighted by Gasteiger charge is -2.18. The fraction of sp³-hybridized carbons (Fsp3) is 1.00. The van der Waals surface area contributed by atoms with Gasteiger partial charge in [0, 0.05) is 11.4 Å². The topological polar surface area (TPSA) is 46.2 Å². The van der Waals surface area contributed by atoms with Crippen molar-refractivity contribution in [1.82, 2.24) is 4.72 Å². The van der Waals surface area contributed by atoms with Crippen LogP contribution in [0.4, 0.5) is 0 Å². The van der Waals surface area contributed by atoms with E-state index in [1.165, 1.54) is 12.8 Å². The zero-order chi connectivity index (χ0) is 12.4. The normalized spacial score (nSPS) is 19.8. The van der Waals surface area contributed by atoms with E-state index in [0.717, 1.165) is 0 Å². The summed E-state index contributed by atoms with van der Waals surface area (Å²) < 4.78 is 26.1. The van der Waals surface area contributed by atoms with E-state index in [-0.39, 0.29) is 11.2 Å². The second kappa shape index (κ2) is 5.36. The van der Waals surface area contributed by atoms with E-state index in [9.17, 15) is 8.42 Å². The molecule has 1 aliphatic rings. The number of halogens is 1. The monoisotopic (exact) mass is 311 g/mol. The zero-order valence-corrected chi connectivity index (χ0v) is 12.7. The largest absolute Gasteiger partial charge is 0.214 e. The van der Waals surface area contributed by atoms with Crippen molar-refractivity contribution >= 4 is 26.0 Å². The second-order valence-electron chi connectivity index (χ2n) is 5.83. The molecule has 1 fully saturated rings. The predicted octanol–water partition coefficient (Wildman–Crippen LogP) is 2.52. The third-order valence-corrected chi connectivity index (χ3v) is 5.17. The maximum absolute atomic E-state index is 11.7. The molecule has 0 bridgehead atoms. The number of hydrogen-bond acceptors (Lipinski definition) is 2. The Morgan fingerprint density at radius 3 is 2.38 bits per heavy atom. The van der Waals surface area contributed by atoms with E-state index >= 15 is 0 Å². The van der Waals surface area contributed by atoms with Crippen molar-refractivity contribution in [3.8, 4) is 0 Å². The first-order chi connectivity index (χ1) is 7.20. The van der Waals surface area contributed by atoms with Crippen molar-refractivity contribution in [1.29, 1.82) is 0 Å². The van der Waals surface area contributed by atoms with Gasteiger partial charge in [0.05, 0.1) is 5.75 Å². The molecule has 1 unspecified atom stereocenters. The van der Waals surface area contributed by atoms with E-state index in [0.29, 0.717) is 23.7 Å². The van der Waals surface area contributed by atoms with Gasteiger partial charge >= 0.3 is 0 Å². The molecule has 1 saturated carbocycles. The Morgan fingerprint density at radius 2 is 1.94 bits per heavy atom. The molecule has 0 aromatic carbocycles. The standard InChI is InChI=1S/C11H22BrNO2S/c1-11(2,3)6-7-16(14,15)13-8-10(12)9-4-5-9/h9-10,13H,4-8H2,1-3H3. The fourth-order valence-electron chi connectivity index (χ4n) is 1.34. The van der Waals surface area contributed by atoms with Gasteiger partial charge in [-0.1, -0.05) is 36.7 Å². The van der Waals surface area contributed by atoms with E-state index < -0.39 is 10.0 Å². The maximum atomic E-state index is 11.7. The quantitative estimate of drug-likeness (QED) is 0.766. The zero-order valence-electron chi connectivity index (χ0n) is 10.3. The molecule has 96 valence electrons. The number of alkyl halides is 1. The molecule has 0 heterocycles. The van der Waals surface area contributed by atoms with Gasteiger partial charge in [0.15, 0.2) is 0 Å². The highest BCUT2D eigenvalue weighted by molar-refractivity contribution is 9.09. The van der Waals surface area contributed by atoms with Crippen LogP contribution in [0.15, 0.2) is 0 Å². The van der Waals surface area contributed by atoms with E-state index in [1.54, 1.807) is 0 Å². The van der Waals surface area contributed by atoms with Crippen LogP contribution in [-0.4, -0.2) is 25.5 Å². The fourth-order valence-corrected chi connectivity index (χ4v) is 3.71. The minimum atomic E-state index is -3.10. The molecule has 0 spiro atoms. The summed E-state index contributed by atoms with van der Waals surface area (Å²) in [6.45, 7) is 6.69.